The molecular formula is C10H7O2. The summed E-state index contributed by atoms with van der Waals surface area (Å²) in [6.45, 7) is 0. The maximum absolute atomic E-state index is 9.13. The van der Waals surface area contributed by atoms with E-state index in [1.807, 2.05) is 0 Å². The topological polar surface area (TPSA) is 40.5 Å². The number of hydrogen-bond donors (Lipinski definition) is 2. The number of benzene rings is 2. The molecule has 2 aromatic carbocycles. The smallest absolute Gasteiger partial charge is 0.124 e. The van der Waals surface area contributed by atoms with E-state index in [4.69, 9.17) is 10.2 Å². The molecule has 2 nitrogen and oxygen atoms in total. The predicted molar refractivity (Wildman–Crippen MR) is 46.1 cm³/mol. The van der Waals surface area contributed by atoms with E-state index in [-0.39, 0.29) is 11.5 Å². The lowest BCUT2D eigenvalue weighted by Gasteiger charge is -1.98. The lowest BCUT2D eigenvalue weighted by Crippen LogP contribution is -1.72. The Hall–Kier alpha value is -1.70. The predicted octanol–water partition coefficient (Wildman–Crippen LogP) is 2.05. The Morgan fingerprint density at radius 1 is 1.00 bits per heavy atom. The molecule has 2 aromatic rings. The van der Waals surface area contributed by atoms with Crippen LogP contribution in [0.25, 0.3) is 10.8 Å². The second kappa shape index (κ2) is 2.41. The van der Waals surface area contributed by atoms with Gasteiger partial charge in [0.1, 0.15) is 11.5 Å². The van der Waals surface area contributed by atoms with Gasteiger partial charge in [0.15, 0.2) is 0 Å². The molecule has 0 saturated carbocycles. The van der Waals surface area contributed by atoms with Gasteiger partial charge in [-0.1, -0.05) is 6.07 Å². The molecule has 0 aliphatic rings. The molecule has 59 valence electrons. The Kier molecular flexibility index (Phi) is 1.40. The van der Waals surface area contributed by atoms with Gasteiger partial charge in [-0.25, -0.2) is 0 Å². The average Bonchev–Trinajstić information content (AvgIpc) is 2.03. The molecule has 0 fully saturated rings. The Morgan fingerprint density at radius 3 is 2.67 bits per heavy atom. The standard InChI is InChI=1S/C10H7O2/c11-9-3-1-7-2-4-10(12)6-8(7)5-9/h1-3,5-6,11-12H. The first-order chi connectivity index (χ1) is 5.75. The maximum Gasteiger partial charge on any atom is 0.124 e. The van der Waals surface area contributed by atoms with E-state index < -0.39 is 0 Å². The van der Waals surface area contributed by atoms with Gasteiger partial charge in [0.05, 0.1) is 0 Å². The summed E-state index contributed by atoms with van der Waals surface area (Å²) < 4.78 is 0. The molecule has 12 heavy (non-hydrogen) atoms. The van der Waals surface area contributed by atoms with Crippen LogP contribution in [-0.2, 0) is 0 Å². The summed E-state index contributed by atoms with van der Waals surface area (Å²) in [5.74, 6) is 0.293. The molecule has 2 N–H and O–H groups in total. The highest BCUT2D eigenvalue weighted by Crippen LogP contribution is 2.22. The Balaban J connectivity index is 2.80. The van der Waals surface area contributed by atoms with Crippen LogP contribution in [0.4, 0.5) is 0 Å². The van der Waals surface area contributed by atoms with Crippen LogP contribution in [0.1, 0.15) is 0 Å². The van der Waals surface area contributed by atoms with Crippen molar-refractivity contribution in [3.8, 4) is 11.5 Å². The molecule has 1 radical (unpaired) electrons. The van der Waals surface area contributed by atoms with Crippen LogP contribution >= 0.6 is 0 Å². The third-order valence-electron chi connectivity index (χ3n) is 1.74. The van der Waals surface area contributed by atoms with E-state index in [1.165, 1.54) is 0 Å². The molecule has 0 aliphatic heterocycles. The van der Waals surface area contributed by atoms with Gasteiger partial charge in [-0.15, -0.1) is 0 Å². The summed E-state index contributed by atoms with van der Waals surface area (Å²) in [5, 5.41) is 20.0. The first kappa shape index (κ1) is 6.98. The van der Waals surface area contributed by atoms with Gasteiger partial charge in [0.2, 0.25) is 0 Å². The number of rotatable bonds is 0. The minimum Gasteiger partial charge on any atom is -0.508 e. The van der Waals surface area contributed by atoms with Crippen LogP contribution < -0.4 is 0 Å². The fraction of sp³-hybridized carbons (Fsp3) is 0. The number of phenolic OH excluding ortho intramolecular Hbond substituents is 2. The van der Waals surface area contributed by atoms with E-state index in [2.05, 4.69) is 6.07 Å². The van der Waals surface area contributed by atoms with Gasteiger partial charge in [0.25, 0.3) is 0 Å². The summed E-state index contributed by atoms with van der Waals surface area (Å²) in [5.41, 5.74) is 0. The summed E-state index contributed by atoms with van der Waals surface area (Å²) in [6.07, 6.45) is 0. The van der Waals surface area contributed by atoms with Crippen LogP contribution in [0.15, 0.2) is 30.3 Å². The largest absolute Gasteiger partial charge is 0.508 e. The fourth-order valence-electron chi connectivity index (χ4n) is 1.16. The molecule has 0 heterocycles. The second-order valence-corrected chi connectivity index (χ2v) is 2.63. The summed E-state index contributed by atoms with van der Waals surface area (Å²) in [7, 11) is 0. The van der Waals surface area contributed by atoms with Gasteiger partial charge >= 0.3 is 0 Å². The van der Waals surface area contributed by atoms with Crippen molar-refractivity contribution in [3.63, 3.8) is 0 Å². The van der Waals surface area contributed by atoms with E-state index in [9.17, 15) is 0 Å². The molecule has 0 bridgehead atoms. The molecule has 0 spiro atoms. The minimum absolute atomic E-state index is 0.0908. The molecule has 0 atom stereocenters. The molecule has 2 heteroatoms. The monoisotopic (exact) mass is 159 g/mol. The van der Waals surface area contributed by atoms with Crippen LogP contribution in [0.2, 0.25) is 0 Å². The second-order valence-electron chi connectivity index (χ2n) is 2.63. The Morgan fingerprint density at radius 2 is 1.83 bits per heavy atom. The van der Waals surface area contributed by atoms with Crippen molar-refractivity contribution >= 4 is 10.8 Å². The zero-order chi connectivity index (χ0) is 8.55. The molecule has 0 amide bonds. The summed E-state index contributed by atoms with van der Waals surface area (Å²) in [4.78, 5) is 0. The van der Waals surface area contributed by atoms with Crippen molar-refractivity contribution in [2.24, 2.45) is 0 Å². The minimum atomic E-state index is 0.0908. The Bertz CT molecular complexity index is 384. The molecule has 2 rings (SSSR count). The van der Waals surface area contributed by atoms with E-state index >= 15 is 0 Å². The van der Waals surface area contributed by atoms with Crippen molar-refractivity contribution in [1.29, 1.82) is 0 Å². The van der Waals surface area contributed by atoms with Crippen LogP contribution in [0, 0.1) is 6.07 Å². The van der Waals surface area contributed by atoms with Crippen molar-refractivity contribution in [2.45, 2.75) is 0 Å². The van der Waals surface area contributed by atoms with E-state index in [1.54, 1.807) is 30.3 Å². The van der Waals surface area contributed by atoms with Crippen LogP contribution in [-0.4, -0.2) is 10.2 Å². The zero-order valence-corrected chi connectivity index (χ0v) is 6.28. The zero-order valence-electron chi connectivity index (χ0n) is 6.28. The van der Waals surface area contributed by atoms with Gasteiger partial charge in [-0.2, -0.15) is 0 Å². The number of aromatic hydroxyl groups is 2. The molecular weight excluding hydrogens is 152 g/mol. The highest BCUT2D eigenvalue weighted by molar-refractivity contribution is 5.84. The normalized spacial score (nSPS) is 10.3. The maximum atomic E-state index is 9.13. The summed E-state index contributed by atoms with van der Waals surface area (Å²) in [6, 6.07) is 10.9. The summed E-state index contributed by atoms with van der Waals surface area (Å²) >= 11 is 0. The first-order valence-corrected chi connectivity index (χ1v) is 3.59. The lowest BCUT2D eigenvalue weighted by atomic mass is 10.1. The van der Waals surface area contributed by atoms with Crippen molar-refractivity contribution in [2.75, 3.05) is 0 Å². The lowest BCUT2D eigenvalue weighted by molar-refractivity contribution is 0.474. The van der Waals surface area contributed by atoms with Gasteiger partial charge in [-0.05, 0) is 35.0 Å². The van der Waals surface area contributed by atoms with Crippen molar-refractivity contribution < 1.29 is 10.2 Å². The van der Waals surface area contributed by atoms with Crippen molar-refractivity contribution in [3.05, 3.63) is 36.4 Å². The number of fused-ring (bicyclic) bond motifs is 1. The quantitative estimate of drug-likeness (QED) is 0.617. The van der Waals surface area contributed by atoms with Crippen molar-refractivity contribution in [1.82, 2.24) is 0 Å². The third-order valence-corrected chi connectivity index (χ3v) is 1.74. The third kappa shape index (κ3) is 1.07. The van der Waals surface area contributed by atoms with Gasteiger partial charge in [-0.3, -0.25) is 0 Å². The molecule has 0 unspecified atom stereocenters. The van der Waals surface area contributed by atoms with Gasteiger partial charge in [0, 0.05) is 6.07 Å². The molecule has 0 aromatic heterocycles. The molecule has 0 aliphatic carbocycles. The SMILES string of the molecule is Oc1[c]cc2ccc(O)cc2c1. The first-order valence-electron chi connectivity index (χ1n) is 3.59. The fourth-order valence-corrected chi connectivity index (χ4v) is 1.16. The molecule has 0 saturated heterocycles. The number of hydrogen-bond acceptors (Lipinski definition) is 2. The highest BCUT2D eigenvalue weighted by Gasteiger charge is 1.95. The average molecular weight is 159 g/mol. The van der Waals surface area contributed by atoms with E-state index in [0.29, 0.717) is 0 Å². The Labute approximate surface area is 69.7 Å². The van der Waals surface area contributed by atoms with Gasteiger partial charge < -0.3 is 10.2 Å². The number of phenols is 2. The van der Waals surface area contributed by atoms with Crippen LogP contribution in [0.5, 0.6) is 11.5 Å². The van der Waals surface area contributed by atoms with Crippen LogP contribution in [0.3, 0.4) is 0 Å². The highest BCUT2D eigenvalue weighted by atomic mass is 16.3. The van der Waals surface area contributed by atoms with E-state index in [0.717, 1.165) is 10.8 Å².